The lowest BCUT2D eigenvalue weighted by Gasteiger charge is -2.12. The van der Waals surface area contributed by atoms with Gasteiger partial charge >= 0.3 is 12.1 Å². The molecule has 3 rings (SSSR count). The maximum Gasteiger partial charge on any atom is 0.433 e. The molecule has 2 aromatic heterocycles. The van der Waals surface area contributed by atoms with Crippen LogP contribution in [0, 0.1) is 0 Å². The zero-order valence-electron chi connectivity index (χ0n) is 13.4. The van der Waals surface area contributed by atoms with Gasteiger partial charge < -0.3 is 5.11 Å². The lowest BCUT2D eigenvalue weighted by molar-refractivity contribution is -0.142. The monoisotopic (exact) mass is 349 g/mol. The first-order chi connectivity index (χ1) is 11.7. The van der Waals surface area contributed by atoms with Gasteiger partial charge in [0.15, 0.2) is 11.3 Å². The summed E-state index contributed by atoms with van der Waals surface area (Å²) in [5.74, 6) is -1.11. The molecule has 0 saturated heterocycles. The van der Waals surface area contributed by atoms with Crippen LogP contribution in [0.15, 0.2) is 36.5 Å². The average Bonchev–Trinajstić information content (AvgIpc) is 2.97. The third kappa shape index (κ3) is 3.07. The third-order valence-corrected chi connectivity index (χ3v) is 3.87. The van der Waals surface area contributed by atoms with Crippen LogP contribution >= 0.6 is 0 Å². The van der Waals surface area contributed by atoms with E-state index in [1.54, 1.807) is 12.1 Å². The van der Waals surface area contributed by atoms with Gasteiger partial charge in [-0.25, -0.2) is 14.3 Å². The van der Waals surface area contributed by atoms with Crippen LogP contribution in [-0.2, 0) is 6.18 Å². The van der Waals surface area contributed by atoms with Crippen LogP contribution in [0.4, 0.5) is 13.2 Å². The number of alkyl halides is 3. The number of aromatic nitrogens is 3. The number of nitrogens with zero attached hydrogens (tertiary/aromatic N) is 3. The van der Waals surface area contributed by atoms with Crippen molar-refractivity contribution in [1.82, 2.24) is 14.6 Å². The lowest BCUT2D eigenvalue weighted by atomic mass is 10.0. The van der Waals surface area contributed by atoms with Crippen LogP contribution in [-0.4, -0.2) is 25.7 Å². The SMILES string of the molecule is CC(C)c1ccc(-c2cc(C(F)(F)F)n3ncc(C(=O)O)c3n2)cc1. The van der Waals surface area contributed by atoms with E-state index in [-0.39, 0.29) is 22.8 Å². The fourth-order valence-corrected chi connectivity index (χ4v) is 2.50. The molecule has 2 heterocycles. The summed E-state index contributed by atoms with van der Waals surface area (Å²) >= 11 is 0. The molecule has 0 fully saturated rings. The Labute approximate surface area is 140 Å². The molecule has 0 aliphatic rings. The number of aromatic carboxylic acids is 1. The number of hydrogen-bond donors (Lipinski definition) is 1. The topological polar surface area (TPSA) is 67.5 Å². The number of carboxylic acids is 1. The number of carboxylic acid groups (broad SMARTS) is 1. The minimum Gasteiger partial charge on any atom is -0.477 e. The Kier molecular flexibility index (Phi) is 3.98. The second-order valence-corrected chi connectivity index (χ2v) is 5.90. The lowest BCUT2D eigenvalue weighted by Crippen LogP contribution is -2.14. The average molecular weight is 349 g/mol. The molecule has 0 bridgehead atoms. The first-order valence-corrected chi connectivity index (χ1v) is 7.48. The highest BCUT2D eigenvalue weighted by Gasteiger charge is 2.36. The predicted molar refractivity (Wildman–Crippen MR) is 84.5 cm³/mol. The van der Waals surface area contributed by atoms with Crippen molar-refractivity contribution in [1.29, 1.82) is 0 Å². The Morgan fingerprint density at radius 2 is 1.84 bits per heavy atom. The molecule has 0 radical (unpaired) electrons. The van der Waals surface area contributed by atoms with Crippen LogP contribution in [0.2, 0.25) is 0 Å². The third-order valence-electron chi connectivity index (χ3n) is 3.87. The van der Waals surface area contributed by atoms with E-state index in [1.165, 1.54) is 0 Å². The molecule has 3 aromatic rings. The summed E-state index contributed by atoms with van der Waals surface area (Å²) < 4.78 is 40.6. The van der Waals surface area contributed by atoms with E-state index >= 15 is 0 Å². The van der Waals surface area contributed by atoms with E-state index in [4.69, 9.17) is 5.11 Å². The van der Waals surface area contributed by atoms with Crippen molar-refractivity contribution in [3.8, 4) is 11.3 Å². The predicted octanol–water partition coefficient (Wildman–Crippen LogP) is 4.24. The van der Waals surface area contributed by atoms with E-state index in [1.807, 2.05) is 26.0 Å². The van der Waals surface area contributed by atoms with Crippen LogP contribution in [0.25, 0.3) is 16.9 Å². The normalized spacial score (nSPS) is 12.1. The molecule has 25 heavy (non-hydrogen) atoms. The molecule has 0 atom stereocenters. The van der Waals surface area contributed by atoms with E-state index in [9.17, 15) is 18.0 Å². The second kappa shape index (κ2) is 5.87. The summed E-state index contributed by atoms with van der Waals surface area (Å²) in [6.07, 6.45) is -3.83. The minimum atomic E-state index is -4.70. The molecule has 8 heteroatoms. The van der Waals surface area contributed by atoms with Gasteiger partial charge in [0.05, 0.1) is 11.9 Å². The maximum absolute atomic E-state index is 13.4. The highest BCUT2D eigenvalue weighted by Crippen LogP contribution is 2.33. The molecule has 0 unspecified atom stereocenters. The van der Waals surface area contributed by atoms with Crippen LogP contribution in [0.5, 0.6) is 0 Å². The van der Waals surface area contributed by atoms with Gasteiger partial charge in [0.2, 0.25) is 0 Å². The van der Waals surface area contributed by atoms with Crippen molar-refractivity contribution in [2.45, 2.75) is 25.9 Å². The van der Waals surface area contributed by atoms with Crippen molar-refractivity contribution < 1.29 is 23.1 Å². The summed E-state index contributed by atoms with van der Waals surface area (Å²) in [5.41, 5.74) is -0.256. The second-order valence-electron chi connectivity index (χ2n) is 5.90. The molecular formula is C17H14F3N3O2. The van der Waals surface area contributed by atoms with E-state index in [0.29, 0.717) is 10.1 Å². The largest absolute Gasteiger partial charge is 0.477 e. The van der Waals surface area contributed by atoms with Gasteiger partial charge in [-0.2, -0.15) is 18.3 Å². The molecule has 1 N–H and O–H groups in total. The van der Waals surface area contributed by atoms with Gasteiger partial charge in [-0.1, -0.05) is 38.1 Å². The van der Waals surface area contributed by atoms with Crippen molar-refractivity contribution in [2.75, 3.05) is 0 Å². The van der Waals surface area contributed by atoms with Crippen molar-refractivity contribution in [2.24, 2.45) is 0 Å². The van der Waals surface area contributed by atoms with Crippen molar-refractivity contribution in [3.63, 3.8) is 0 Å². The Hall–Kier alpha value is -2.90. The summed E-state index contributed by atoms with van der Waals surface area (Å²) in [6.45, 7) is 4.01. The van der Waals surface area contributed by atoms with Gasteiger partial charge in [-0.15, -0.1) is 0 Å². The number of hydrogen-bond acceptors (Lipinski definition) is 3. The summed E-state index contributed by atoms with van der Waals surface area (Å²) in [6, 6.07) is 7.84. The summed E-state index contributed by atoms with van der Waals surface area (Å²) in [7, 11) is 0. The van der Waals surface area contributed by atoms with Crippen LogP contribution in [0.1, 0.15) is 41.4 Å². The number of benzene rings is 1. The van der Waals surface area contributed by atoms with Crippen molar-refractivity contribution in [3.05, 3.63) is 53.3 Å². The maximum atomic E-state index is 13.4. The number of fused-ring (bicyclic) bond motifs is 1. The molecule has 130 valence electrons. The number of rotatable bonds is 3. The fraction of sp³-hybridized carbons (Fsp3) is 0.235. The van der Waals surface area contributed by atoms with E-state index < -0.39 is 17.8 Å². The molecule has 0 aliphatic carbocycles. The highest BCUT2D eigenvalue weighted by atomic mass is 19.4. The molecule has 0 saturated carbocycles. The number of halogens is 3. The smallest absolute Gasteiger partial charge is 0.433 e. The van der Waals surface area contributed by atoms with Gasteiger partial charge in [0.1, 0.15) is 5.56 Å². The first kappa shape index (κ1) is 16.9. The highest BCUT2D eigenvalue weighted by molar-refractivity contribution is 5.94. The van der Waals surface area contributed by atoms with Gasteiger partial charge in [-0.3, -0.25) is 0 Å². The molecule has 5 nitrogen and oxygen atoms in total. The molecule has 0 amide bonds. The molecule has 1 aromatic carbocycles. The zero-order chi connectivity index (χ0) is 18.4. The Balaban J connectivity index is 2.24. The van der Waals surface area contributed by atoms with Crippen LogP contribution < -0.4 is 0 Å². The minimum absolute atomic E-state index is 0.0399. The fourth-order valence-electron chi connectivity index (χ4n) is 2.50. The van der Waals surface area contributed by atoms with Gasteiger partial charge in [-0.05, 0) is 17.5 Å². The quantitative estimate of drug-likeness (QED) is 0.768. The van der Waals surface area contributed by atoms with Gasteiger partial charge in [0.25, 0.3) is 0 Å². The Morgan fingerprint density at radius 1 is 1.20 bits per heavy atom. The molecular weight excluding hydrogens is 335 g/mol. The Morgan fingerprint density at radius 3 is 2.36 bits per heavy atom. The van der Waals surface area contributed by atoms with Gasteiger partial charge in [0, 0.05) is 5.56 Å². The summed E-state index contributed by atoms with van der Waals surface area (Å²) in [5, 5.41) is 12.7. The van der Waals surface area contributed by atoms with Crippen LogP contribution in [0.3, 0.4) is 0 Å². The summed E-state index contributed by atoms with van der Waals surface area (Å²) in [4.78, 5) is 15.3. The molecule has 0 aliphatic heterocycles. The Bertz CT molecular complexity index is 944. The van der Waals surface area contributed by atoms with E-state index in [0.717, 1.165) is 17.8 Å². The van der Waals surface area contributed by atoms with E-state index in [2.05, 4.69) is 10.1 Å². The number of carbonyl (C=O) groups is 1. The van der Waals surface area contributed by atoms with Crippen molar-refractivity contribution >= 4 is 11.6 Å². The zero-order valence-corrected chi connectivity index (χ0v) is 13.4. The first-order valence-electron chi connectivity index (χ1n) is 7.48. The molecule has 0 spiro atoms. The standard InChI is InChI=1S/C17H14F3N3O2/c1-9(2)10-3-5-11(6-4-10)13-7-14(17(18,19)20)23-15(22-13)12(8-21-23)16(24)25/h3-9H,1-2H3,(H,24,25).